The van der Waals surface area contributed by atoms with E-state index < -0.39 is 0 Å². The van der Waals surface area contributed by atoms with Crippen LogP contribution in [0.3, 0.4) is 0 Å². The Bertz CT molecular complexity index is 775. The number of furan rings is 1. The molecule has 1 heterocycles. The second-order valence-electron chi connectivity index (χ2n) is 4.62. The van der Waals surface area contributed by atoms with Gasteiger partial charge in [-0.15, -0.1) is 0 Å². The Balaban J connectivity index is 2.01. The molecule has 0 spiro atoms. The number of halogens is 1. The van der Waals surface area contributed by atoms with Gasteiger partial charge in [0.25, 0.3) is 0 Å². The molecule has 0 saturated heterocycles. The summed E-state index contributed by atoms with van der Waals surface area (Å²) in [4.78, 5) is 0. The highest BCUT2D eigenvalue weighted by atomic mass is 19.1. The van der Waals surface area contributed by atoms with E-state index in [0.29, 0.717) is 11.6 Å². The van der Waals surface area contributed by atoms with Crippen LogP contribution >= 0.6 is 0 Å². The van der Waals surface area contributed by atoms with E-state index in [1.165, 1.54) is 12.1 Å². The van der Waals surface area contributed by atoms with E-state index in [9.17, 15) is 4.39 Å². The van der Waals surface area contributed by atoms with E-state index in [1.807, 2.05) is 24.3 Å². The van der Waals surface area contributed by atoms with E-state index in [-0.39, 0.29) is 5.82 Å². The van der Waals surface area contributed by atoms with E-state index in [1.54, 1.807) is 19.1 Å². The van der Waals surface area contributed by atoms with Gasteiger partial charge < -0.3 is 9.73 Å². The van der Waals surface area contributed by atoms with Crippen molar-refractivity contribution in [2.45, 2.75) is 6.92 Å². The van der Waals surface area contributed by atoms with E-state index in [2.05, 4.69) is 5.32 Å². The summed E-state index contributed by atoms with van der Waals surface area (Å²) in [6.45, 7) is 1.68. The summed E-state index contributed by atoms with van der Waals surface area (Å²) in [5, 5.41) is 11.3. The molecule has 2 N–H and O–H groups in total. The van der Waals surface area contributed by atoms with Crippen LogP contribution in [0.5, 0.6) is 0 Å². The van der Waals surface area contributed by atoms with Crippen molar-refractivity contribution in [2.24, 2.45) is 0 Å². The Hall–Kier alpha value is -2.62. The Morgan fingerprint density at radius 1 is 1.10 bits per heavy atom. The minimum absolute atomic E-state index is 0.266. The van der Waals surface area contributed by atoms with Gasteiger partial charge in [0.2, 0.25) is 0 Å². The van der Waals surface area contributed by atoms with Gasteiger partial charge in [-0.3, -0.25) is 5.41 Å². The second kappa shape index (κ2) is 4.81. The largest absolute Gasteiger partial charge is 0.456 e. The lowest BCUT2D eigenvalue weighted by molar-refractivity contribution is 0.623. The quantitative estimate of drug-likeness (QED) is 0.525. The lowest BCUT2D eigenvalue weighted by Gasteiger charge is -2.02. The first-order valence-electron chi connectivity index (χ1n) is 6.23. The zero-order chi connectivity index (χ0) is 14.1. The van der Waals surface area contributed by atoms with Crippen molar-refractivity contribution in [3.05, 3.63) is 54.3 Å². The first-order chi connectivity index (χ1) is 9.61. The molecule has 0 aliphatic rings. The Labute approximate surface area is 115 Å². The molecule has 0 aliphatic heterocycles. The van der Waals surface area contributed by atoms with Crippen LogP contribution in [0.4, 0.5) is 10.1 Å². The fourth-order valence-electron chi connectivity index (χ4n) is 2.09. The van der Waals surface area contributed by atoms with E-state index in [4.69, 9.17) is 9.83 Å². The molecule has 3 rings (SSSR count). The number of rotatable bonds is 2. The molecule has 100 valence electrons. The minimum atomic E-state index is -0.266. The zero-order valence-electron chi connectivity index (χ0n) is 10.9. The predicted octanol–water partition coefficient (Wildman–Crippen LogP) is 4.65. The highest BCUT2D eigenvalue weighted by Gasteiger charge is 2.07. The van der Waals surface area contributed by atoms with Gasteiger partial charge in [0.15, 0.2) is 0 Å². The van der Waals surface area contributed by atoms with Gasteiger partial charge in [-0.1, -0.05) is 0 Å². The van der Waals surface area contributed by atoms with Crippen LogP contribution in [0.25, 0.3) is 22.3 Å². The van der Waals surface area contributed by atoms with Crippen molar-refractivity contribution in [1.29, 1.82) is 5.41 Å². The van der Waals surface area contributed by atoms with Gasteiger partial charge in [0, 0.05) is 16.6 Å². The molecule has 0 bridgehead atoms. The average molecular weight is 268 g/mol. The molecule has 1 aromatic heterocycles. The number of anilines is 1. The standard InChI is InChI=1S/C16H13FN2O/c1-10(18)19-14-6-7-15-12(8-14)9-16(20-15)11-2-4-13(17)5-3-11/h2-9H,1H3,(H2,18,19). The summed E-state index contributed by atoms with van der Waals surface area (Å²) >= 11 is 0. The highest BCUT2D eigenvalue weighted by Crippen LogP contribution is 2.29. The summed E-state index contributed by atoms with van der Waals surface area (Å²) < 4.78 is 18.7. The topological polar surface area (TPSA) is 49.0 Å². The van der Waals surface area contributed by atoms with Crippen molar-refractivity contribution >= 4 is 22.5 Å². The Morgan fingerprint density at radius 2 is 1.85 bits per heavy atom. The van der Waals surface area contributed by atoms with Crippen LogP contribution < -0.4 is 5.32 Å². The van der Waals surface area contributed by atoms with Crippen LogP contribution in [0.15, 0.2) is 52.9 Å². The van der Waals surface area contributed by atoms with Crippen LogP contribution in [0.2, 0.25) is 0 Å². The summed E-state index contributed by atoms with van der Waals surface area (Å²) in [5.74, 6) is 0.813. The Kier molecular flexibility index (Phi) is 2.99. The van der Waals surface area contributed by atoms with Gasteiger partial charge in [-0.2, -0.15) is 0 Å². The fourth-order valence-corrected chi connectivity index (χ4v) is 2.09. The van der Waals surface area contributed by atoms with Gasteiger partial charge in [0.05, 0.1) is 5.84 Å². The molecule has 0 unspecified atom stereocenters. The van der Waals surface area contributed by atoms with Gasteiger partial charge >= 0.3 is 0 Å². The van der Waals surface area contributed by atoms with Gasteiger partial charge in [0.1, 0.15) is 17.2 Å². The van der Waals surface area contributed by atoms with E-state index in [0.717, 1.165) is 22.2 Å². The molecule has 3 aromatic rings. The number of hydrogen-bond donors (Lipinski definition) is 2. The molecule has 0 atom stereocenters. The SMILES string of the molecule is CC(=N)Nc1ccc2oc(-c3ccc(F)cc3)cc2c1. The molecule has 0 aliphatic carbocycles. The van der Waals surface area contributed by atoms with Gasteiger partial charge in [-0.25, -0.2) is 4.39 Å². The lowest BCUT2D eigenvalue weighted by Crippen LogP contribution is -2.04. The number of amidine groups is 1. The number of fused-ring (bicyclic) bond motifs is 1. The summed E-state index contributed by atoms with van der Waals surface area (Å²) in [7, 11) is 0. The van der Waals surface area contributed by atoms with Crippen molar-refractivity contribution in [2.75, 3.05) is 5.32 Å². The number of hydrogen-bond acceptors (Lipinski definition) is 2. The molecule has 2 aromatic carbocycles. The maximum atomic E-state index is 12.9. The first-order valence-corrected chi connectivity index (χ1v) is 6.23. The summed E-state index contributed by atoms with van der Waals surface area (Å²) in [6.07, 6.45) is 0. The van der Waals surface area contributed by atoms with Crippen molar-refractivity contribution in [1.82, 2.24) is 0 Å². The second-order valence-corrected chi connectivity index (χ2v) is 4.62. The third kappa shape index (κ3) is 2.40. The monoisotopic (exact) mass is 268 g/mol. The van der Waals surface area contributed by atoms with Crippen LogP contribution in [-0.2, 0) is 0 Å². The summed E-state index contributed by atoms with van der Waals surface area (Å²) in [6, 6.07) is 13.7. The molecule has 20 heavy (non-hydrogen) atoms. The lowest BCUT2D eigenvalue weighted by atomic mass is 10.1. The van der Waals surface area contributed by atoms with Crippen molar-refractivity contribution in [3.8, 4) is 11.3 Å². The van der Waals surface area contributed by atoms with Gasteiger partial charge in [-0.05, 0) is 55.5 Å². The minimum Gasteiger partial charge on any atom is -0.456 e. The molecular formula is C16H13FN2O. The van der Waals surface area contributed by atoms with Crippen molar-refractivity contribution < 1.29 is 8.81 Å². The van der Waals surface area contributed by atoms with Crippen LogP contribution in [-0.4, -0.2) is 5.84 Å². The van der Waals surface area contributed by atoms with Crippen molar-refractivity contribution in [3.63, 3.8) is 0 Å². The fraction of sp³-hybridized carbons (Fsp3) is 0.0625. The molecule has 0 amide bonds. The highest BCUT2D eigenvalue weighted by molar-refractivity contribution is 5.94. The summed E-state index contributed by atoms with van der Waals surface area (Å²) in [5.41, 5.74) is 2.44. The van der Waals surface area contributed by atoms with Crippen LogP contribution in [0.1, 0.15) is 6.92 Å². The molecule has 0 saturated carbocycles. The molecule has 4 heteroatoms. The Morgan fingerprint density at radius 3 is 2.55 bits per heavy atom. The normalized spacial score (nSPS) is 10.7. The average Bonchev–Trinajstić information content (AvgIpc) is 2.81. The maximum absolute atomic E-state index is 12.9. The van der Waals surface area contributed by atoms with Crippen LogP contribution in [0, 0.1) is 11.2 Å². The first kappa shape index (κ1) is 12.4. The molecule has 0 radical (unpaired) electrons. The predicted molar refractivity (Wildman–Crippen MR) is 78.6 cm³/mol. The third-order valence-electron chi connectivity index (χ3n) is 2.98. The number of nitrogens with one attached hydrogen (secondary N) is 2. The maximum Gasteiger partial charge on any atom is 0.135 e. The molecule has 0 fully saturated rings. The zero-order valence-corrected chi connectivity index (χ0v) is 10.9. The number of benzene rings is 2. The third-order valence-corrected chi connectivity index (χ3v) is 2.98. The van der Waals surface area contributed by atoms with E-state index >= 15 is 0 Å². The molecular weight excluding hydrogens is 255 g/mol. The molecule has 3 nitrogen and oxygen atoms in total. The smallest absolute Gasteiger partial charge is 0.135 e.